The summed E-state index contributed by atoms with van der Waals surface area (Å²) in [6, 6.07) is 10.8. The molecule has 1 atom stereocenters. The van der Waals surface area contributed by atoms with Crippen molar-refractivity contribution in [1.82, 2.24) is 0 Å². The number of hydrogen-bond donors (Lipinski definition) is 1. The highest BCUT2D eigenvalue weighted by Gasteiger charge is 2.10. The number of aliphatic hydroxyl groups is 1. The molecule has 0 aliphatic rings. The number of halogens is 3. The van der Waals surface area contributed by atoms with Gasteiger partial charge in [-0.2, -0.15) is 0 Å². The fourth-order valence-corrected chi connectivity index (χ4v) is 2.73. The van der Waals surface area contributed by atoms with Crippen molar-refractivity contribution in [2.24, 2.45) is 0 Å². The summed E-state index contributed by atoms with van der Waals surface area (Å²) in [4.78, 5) is 0.494. The first-order chi connectivity index (χ1) is 9.56. The molecule has 0 aliphatic heterocycles. The molecule has 1 N–H and O–H groups in total. The minimum absolute atomic E-state index is 0.0592. The molecule has 5 heteroatoms. The van der Waals surface area contributed by atoms with E-state index in [1.807, 2.05) is 0 Å². The first kappa shape index (κ1) is 15.3. The Balaban J connectivity index is 1.91. The zero-order chi connectivity index (χ0) is 14.5. The highest BCUT2D eigenvalue weighted by atomic mass is 35.5. The lowest BCUT2D eigenvalue weighted by atomic mass is 10.1. The molecule has 20 heavy (non-hydrogen) atoms. The summed E-state index contributed by atoms with van der Waals surface area (Å²) in [6.45, 7) is 0. The molecule has 2 aromatic carbocycles. The Hall–Kier alpha value is -1.10. The molecular formula is C15H13ClF2OS. The van der Waals surface area contributed by atoms with E-state index in [1.165, 1.54) is 30.0 Å². The molecule has 1 unspecified atom stereocenters. The van der Waals surface area contributed by atoms with E-state index < -0.39 is 11.9 Å². The van der Waals surface area contributed by atoms with Gasteiger partial charge in [-0.1, -0.05) is 29.8 Å². The Morgan fingerprint density at radius 1 is 1.10 bits per heavy atom. The van der Waals surface area contributed by atoms with Gasteiger partial charge in [0.2, 0.25) is 0 Å². The molecular weight excluding hydrogens is 302 g/mol. The smallest absolute Gasteiger partial charge is 0.142 e. The van der Waals surface area contributed by atoms with Crippen LogP contribution in [0.25, 0.3) is 0 Å². The second kappa shape index (κ2) is 7.07. The Bertz CT molecular complexity index is 592. The van der Waals surface area contributed by atoms with Crippen LogP contribution in [0.2, 0.25) is 5.02 Å². The van der Waals surface area contributed by atoms with E-state index >= 15 is 0 Å². The Kier molecular flexibility index (Phi) is 5.40. The number of aliphatic hydroxyl groups excluding tert-OH is 1. The maximum absolute atomic E-state index is 13.4. The fraction of sp³-hybridized carbons (Fsp3) is 0.200. The molecule has 0 aliphatic carbocycles. The summed E-state index contributed by atoms with van der Waals surface area (Å²) in [6.07, 6.45) is -0.379. The molecule has 1 nitrogen and oxygen atoms in total. The lowest BCUT2D eigenvalue weighted by Crippen LogP contribution is -2.13. The van der Waals surface area contributed by atoms with Crippen LogP contribution in [0.15, 0.2) is 47.4 Å². The third-order valence-corrected chi connectivity index (χ3v) is 4.22. The monoisotopic (exact) mass is 314 g/mol. The highest BCUT2D eigenvalue weighted by Crippen LogP contribution is 2.23. The summed E-state index contributed by atoms with van der Waals surface area (Å²) in [7, 11) is 0. The zero-order valence-corrected chi connectivity index (χ0v) is 12.1. The third-order valence-electron chi connectivity index (χ3n) is 2.72. The lowest BCUT2D eigenvalue weighted by molar-refractivity contribution is 0.200. The van der Waals surface area contributed by atoms with Crippen molar-refractivity contribution in [3.63, 3.8) is 0 Å². The van der Waals surface area contributed by atoms with E-state index in [-0.39, 0.29) is 10.8 Å². The third kappa shape index (κ3) is 4.20. The normalized spacial score (nSPS) is 12.4. The van der Waals surface area contributed by atoms with Crippen LogP contribution >= 0.6 is 23.4 Å². The van der Waals surface area contributed by atoms with Crippen LogP contribution in [-0.4, -0.2) is 17.0 Å². The molecule has 0 aromatic heterocycles. The van der Waals surface area contributed by atoms with E-state index in [9.17, 15) is 13.9 Å². The van der Waals surface area contributed by atoms with Gasteiger partial charge in [0.1, 0.15) is 11.6 Å². The van der Waals surface area contributed by atoms with Crippen LogP contribution in [0.1, 0.15) is 5.56 Å². The lowest BCUT2D eigenvalue weighted by Gasteiger charge is -2.11. The van der Waals surface area contributed by atoms with E-state index in [2.05, 4.69) is 0 Å². The second-order valence-electron chi connectivity index (χ2n) is 4.35. The second-order valence-corrected chi connectivity index (χ2v) is 5.82. The van der Waals surface area contributed by atoms with Crippen LogP contribution in [0.3, 0.4) is 0 Å². The van der Waals surface area contributed by atoms with Crippen LogP contribution in [0.4, 0.5) is 8.78 Å². The van der Waals surface area contributed by atoms with E-state index in [4.69, 9.17) is 11.6 Å². The molecule has 106 valence electrons. The number of thioether (sulfide) groups is 1. The van der Waals surface area contributed by atoms with Crippen molar-refractivity contribution < 1.29 is 13.9 Å². The fourth-order valence-electron chi connectivity index (χ4n) is 1.75. The highest BCUT2D eigenvalue weighted by molar-refractivity contribution is 7.99. The van der Waals surface area contributed by atoms with Gasteiger partial charge >= 0.3 is 0 Å². The van der Waals surface area contributed by atoms with E-state index in [0.29, 0.717) is 22.6 Å². The quantitative estimate of drug-likeness (QED) is 0.830. The molecule has 0 saturated heterocycles. The average Bonchev–Trinajstić information content (AvgIpc) is 2.42. The summed E-state index contributed by atoms with van der Waals surface area (Å²) in [5, 5.41) is 9.98. The topological polar surface area (TPSA) is 20.2 Å². The maximum Gasteiger partial charge on any atom is 0.142 e. The molecule has 0 fully saturated rings. The SMILES string of the molecule is OC(CSc1ccccc1F)Cc1ccc(Cl)c(F)c1. The number of benzene rings is 2. The van der Waals surface area contributed by atoms with Gasteiger partial charge in [0.05, 0.1) is 11.1 Å². The zero-order valence-electron chi connectivity index (χ0n) is 10.5. The van der Waals surface area contributed by atoms with Gasteiger partial charge in [-0.3, -0.25) is 0 Å². The molecule has 2 rings (SSSR count). The van der Waals surface area contributed by atoms with Crippen LogP contribution in [-0.2, 0) is 6.42 Å². The summed E-state index contributed by atoms with van der Waals surface area (Å²) >= 11 is 6.83. The molecule has 2 aromatic rings. The van der Waals surface area contributed by atoms with Gasteiger partial charge in [-0.15, -0.1) is 11.8 Å². The minimum atomic E-state index is -0.680. The molecule has 0 radical (unpaired) electrons. The van der Waals surface area contributed by atoms with E-state index in [0.717, 1.165) is 0 Å². The Labute approximate surface area is 125 Å². The largest absolute Gasteiger partial charge is 0.392 e. The van der Waals surface area contributed by atoms with Crippen molar-refractivity contribution in [3.05, 3.63) is 64.7 Å². The molecule has 0 bridgehead atoms. The Morgan fingerprint density at radius 2 is 1.85 bits per heavy atom. The van der Waals surface area contributed by atoms with Gasteiger partial charge in [0.25, 0.3) is 0 Å². The van der Waals surface area contributed by atoms with Gasteiger partial charge in [-0.05, 0) is 36.2 Å². The standard InChI is InChI=1S/C15H13ClF2OS/c16-12-6-5-10(8-14(12)18)7-11(19)9-20-15-4-2-1-3-13(15)17/h1-6,8,11,19H,7,9H2. The maximum atomic E-state index is 13.4. The first-order valence-corrected chi connectivity index (χ1v) is 7.42. The Morgan fingerprint density at radius 3 is 2.55 bits per heavy atom. The molecule has 0 spiro atoms. The first-order valence-electron chi connectivity index (χ1n) is 6.05. The molecule has 0 heterocycles. The van der Waals surface area contributed by atoms with Crippen molar-refractivity contribution in [2.45, 2.75) is 17.4 Å². The van der Waals surface area contributed by atoms with Gasteiger partial charge in [0.15, 0.2) is 0 Å². The van der Waals surface area contributed by atoms with Crippen LogP contribution in [0, 0.1) is 11.6 Å². The molecule has 0 amide bonds. The molecule has 0 saturated carbocycles. The predicted molar refractivity (Wildman–Crippen MR) is 78.2 cm³/mol. The number of rotatable bonds is 5. The van der Waals surface area contributed by atoms with Crippen molar-refractivity contribution in [1.29, 1.82) is 0 Å². The van der Waals surface area contributed by atoms with Gasteiger partial charge in [-0.25, -0.2) is 8.78 Å². The van der Waals surface area contributed by atoms with Crippen molar-refractivity contribution in [2.75, 3.05) is 5.75 Å². The van der Waals surface area contributed by atoms with Crippen molar-refractivity contribution >= 4 is 23.4 Å². The predicted octanol–water partition coefficient (Wildman–Crippen LogP) is 4.31. The van der Waals surface area contributed by atoms with Crippen LogP contribution < -0.4 is 0 Å². The summed E-state index contributed by atoms with van der Waals surface area (Å²) in [5.74, 6) is -0.467. The average molecular weight is 315 g/mol. The van der Waals surface area contributed by atoms with Gasteiger partial charge < -0.3 is 5.11 Å². The summed E-state index contributed by atoms with van der Waals surface area (Å²) in [5.41, 5.74) is 0.661. The van der Waals surface area contributed by atoms with Crippen LogP contribution in [0.5, 0.6) is 0 Å². The number of hydrogen-bond acceptors (Lipinski definition) is 2. The summed E-state index contributed by atoms with van der Waals surface area (Å²) < 4.78 is 26.7. The van der Waals surface area contributed by atoms with Crippen molar-refractivity contribution in [3.8, 4) is 0 Å². The van der Waals surface area contributed by atoms with E-state index in [1.54, 1.807) is 24.3 Å². The minimum Gasteiger partial charge on any atom is -0.392 e. The van der Waals surface area contributed by atoms with Gasteiger partial charge in [0, 0.05) is 10.6 Å².